The standard InChI is InChI=1S/C16H16BrNO2/c1-10-6-12(17)8-14(18)16(10)19-9-13-7-11-4-2-3-5-15(11)20-13/h2-6,8,13H,7,9,18H2,1H3. The molecule has 20 heavy (non-hydrogen) atoms. The zero-order chi connectivity index (χ0) is 14.1. The fourth-order valence-electron chi connectivity index (χ4n) is 2.48. The predicted molar refractivity (Wildman–Crippen MR) is 83.3 cm³/mol. The van der Waals surface area contributed by atoms with Crippen LogP contribution < -0.4 is 15.2 Å². The smallest absolute Gasteiger partial charge is 0.145 e. The molecule has 1 aliphatic heterocycles. The molecule has 0 bridgehead atoms. The Hall–Kier alpha value is -1.68. The molecule has 0 radical (unpaired) electrons. The average molecular weight is 334 g/mol. The molecule has 1 unspecified atom stereocenters. The van der Waals surface area contributed by atoms with Gasteiger partial charge in [-0.05, 0) is 36.2 Å². The highest BCUT2D eigenvalue weighted by atomic mass is 79.9. The van der Waals surface area contributed by atoms with Crippen LogP contribution in [0, 0.1) is 6.92 Å². The second-order valence-electron chi connectivity index (χ2n) is 5.00. The molecule has 0 spiro atoms. The topological polar surface area (TPSA) is 44.5 Å². The third-order valence-electron chi connectivity index (χ3n) is 3.40. The molecular formula is C16H16BrNO2. The predicted octanol–water partition coefficient (Wildman–Crippen LogP) is 3.72. The summed E-state index contributed by atoms with van der Waals surface area (Å²) in [4.78, 5) is 0. The SMILES string of the molecule is Cc1cc(Br)cc(N)c1OCC1Cc2ccccc2O1. The van der Waals surface area contributed by atoms with Gasteiger partial charge in [-0.1, -0.05) is 34.1 Å². The molecule has 2 aromatic rings. The van der Waals surface area contributed by atoms with Crippen LogP contribution in [0.3, 0.4) is 0 Å². The van der Waals surface area contributed by atoms with Gasteiger partial charge in [-0.3, -0.25) is 0 Å². The number of hydrogen-bond donors (Lipinski definition) is 1. The number of fused-ring (bicyclic) bond motifs is 1. The summed E-state index contributed by atoms with van der Waals surface area (Å²) in [5.41, 5.74) is 8.90. The van der Waals surface area contributed by atoms with Crippen LogP contribution in [-0.2, 0) is 6.42 Å². The third-order valence-corrected chi connectivity index (χ3v) is 3.85. The largest absolute Gasteiger partial charge is 0.487 e. The molecule has 2 aromatic carbocycles. The first kappa shape index (κ1) is 13.3. The lowest BCUT2D eigenvalue weighted by atomic mass is 10.1. The van der Waals surface area contributed by atoms with E-state index in [1.54, 1.807) is 0 Å². The number of benzene rings is 2. The maximum Gasteiger partial charge on any atom is 0.145 e. The lowest BCUT2D eigenvalue weighted by Gasteiger charge is -2.16. The van der Waals surface area contributed by atoms with Gasteiger partial charge in [-0.2, -0.15) is 0 Å². The van der Waals surface area contributed by atoms with E-state index < -0.39 is 0 Å². The van der Waals surface area contributed by atoms with E-state index >= 15 is 0 Å². The van der Waals surface area contributed by atoms with Gasteiger partial charge >= 0.3 is 0 Å². The van der Waals surface area contributed by atoms with Crippen LogP contribution >= 0.6 is 15.9 Å². The molecule has 0 amide bonds. The van der Waals surface area contributed by atoms with Crippen LogP contribution in [0.25, 0.3) is 0 Å². The molecule has 0 saturated heterocycles. The number of nitrogens with two attached hydrogens (primary N) is 1. The van der Waals surface area contributed by atoms with Gasteiger partial charge in [0.2, 0.25) is 0 Å². The molecule has 1 aliphatic rings. The zero-order valence-electron chi connectivity index (χ0n) is 11.2. The second kappa shape index (κ2) is 5.37. The number of para-hydroxylation sites is 1. The van der Waals surface area contributed by atoms with Gasteiger partial charge in [0, 0.05) is 10.9 Å². The molecule has 0 aromatic heterocycles. The monoisotopic (exact) mass is 333 g/mol. The molecule has 0 fully saturated rings. The van der Waals surface area contributed by atoms with E-state index in [2.05, 4.69) is 22.0 Å². The Morgan fingerprint density at radius 3 is 2.90 bits per heavy atom. The van der Waals surface area contributed by atoms with Crippen LogP contribution in [-0.4, -0.2) is 12.7 Å². The second-order valence-corrected chi connectivity index (χ2v) is 5.92. The molecule has 3 nitrogen and oxygen atoms in total. The molecule has 2 N–H and O–H groups in total. The normalized spacial score (nSPS) is 16.6. The fraction of sp³-hybridized carbons (Fsp3) is 0.250. The number of rotatable bonds is 3. The van der Waals surface area contributed by atoms with Crippen LogP contribution in [0.15, 0.2) is 40.9 Å². The Balaban J connectivity index is 1.67. The summed E-state index contributed by atoms with van der Waals surface area (Å²) >= 11 is 3.42. The van der Waals surface area contributed by atoms with Crippen molar-refractivity contribution in [3.8, 4) is 11.5 Å². The van der Waals surface area contributed by atoms with Gasteiger partial charge in [0.15, 0.2) is 0 Å². The first-order valence-electron chi connectivity index (χ1n) is 6.56. The Morgan fingerprint density at radius 1 is 1.35 bits per heavy atom. The lowest BCUT2D eigenvalue weighted by Crippen LogP contribution is -2.22. The van der Waals surface area contributed by atoms with E-state index in [9.17, 15) is 0 Å². The number of aryl methyl sites for hydroxylation is 1. The summed E-state index contributed by atoms with van der Waals surface area (Å²) in [6.07, 6.45) is 0.931. The van der Waals surface area contributed by atoms with E-state index in [4.69, 9.17) is 15.2 Å². The first-order valence-corrected chi connectivity index (χ1v) is 7.36. The third kappa shape index (κ3) is 2.61. The van der Waals surface area contributed by atoms with Crippen molar-refractivity contribution < 1.29 is 9.47 Å². The summed E-state index contributed by atoms with van der Waals surface area (Å²) in [5, 5.41) is 0. The quantitative estimate of drug-likeness (QED) is 0.870. The van der Waals surface area contributed by atoms with Crippen molar-refractivity contribution in [1.82, 2.24) is 0 Å². The van der Waals surface area contributed by atoms with Crippen LogP contribution in [0.5, 0.6) is 11.5 Å². The summed E-state index contributed by atoms with van der Waals surface area (Å²) in [6, 6.07) is 12.0. The van der Waals surface area contributed by atoms with Gasteiger partial charge in [0.25, 0.3) is 0 Å². The van der Waals surface area contributed by atoms with Gasteiger partial charge in [0.05, 0.1) is 5.69 Å². The Bertz CT molecular complexity index is 594. The molecule has 0 aliphatic carbocycles. The van der Waals surface area contributed by atoms with Gasteiger partial charge in [-0.25, -0.2) is 0 Å². The summed E-state index contributed by atoms with van der Waals surface area (Å²) in [6.45, 7) is 2.49. The first-order chi connectivity index (χ1) is 9.63. The zero-order valence-corrected chi connectivity index (χ0v) is 12.8. The minimum absolute atomic E-state index is 0.0508. The van der Waals surface area contributed by atoms with Crippen molar-refractivity contribution in [2.75, 3.05) is 12.3 Å². The van der Waals surface area contributed by atoms with Crippen LogP contribution in [0.2, 0.25) is 0 Å². The molecule has 4 heteroatoms. The minimum Gasteiger partial charge on any atom is -0.487 e. The van der Waals surface area contributed by atoms with E-state index in [-0.39, 0.29) is 6.10 Å². The molecule has 0 saturated carbocycles. The molecule has 3 rings (SSSR count). The van der Waals surface area contributed by atoms with Gasteiger partial charge < -0.3 is 15.2 Å². The number of ether oxygens (including phenoxy) is 2. The molecule has 1 atom stereocenters. The fourth-order valence-corrected chi connectivity index (χ4v) is 3.07. The Kier molecular flexibility index (Phi) is 3.57. The Morgan fingerprint density at radius 2 is 2.15 bits per heavy atom. The van der Waals surface area contributed by atoms with E-state index in [1.165, 1.54) is 5.56 Å². The highest BCUT2D eigenvalue weighted by Gasteiger charge is 2.23. The van der Waals surface area contributed by atoms with E-state index in [1.807, 2.05) is 37.3 Å². The van der Waals surface area contributed by atoms with Gasteiger partial charge in [-0.15, -0.1) is 0 Å². The highest BCUT2D eigenvalue weighted by molar-refractivity contribution is 9.10. The van der Waals surface area contributed by atoms with E-state index in [0.717, 1.165) is 28.0 Å². The lowest BCUT2D eigenvalue weighted by molar-refractivity contribution is 0.148. The molecule has 104 valence electrons. The number of anilines is 1. The van der Waals surface area contributed by atoms with Crippen molar-refractivity contribution in [2.24, 2.45) is 0 Å². The maximum absolute atomic E-state index is 6.00. The number of hydrogen-bond acceptors (Lipinski definition) is 3. The molecule has 1 heterocycles. The summed E-state index contributed by atoms with van der Waals surface area (Å²) in [7, 11) is 0. The number of nitrogen functional groups attached to an aromatic ring is 1. The van der Waals surface area contributed by atoms with Gasteiger partial charge in [0.1, 0.15) is 24.2 Å². The van der Waals surface area contributed by atoms with E-state index in [0.29, 0.717) is 12.3 Å². The van der Waals surface area contributed by atoms with Crippen molar-refractivity contribution >= 4 is 21.6 Å². The average Bonchev–Trinajstić information content (AvgIpc) is 2.80. The van der Waals surface area contributed by atoms with Crippen molar-refractivity contribution in [3.05, 3.63) is 52.0 Å². The molecular weight excluding hydrogens is 318 g/mol. The van der Waals surface area contributed by atoms with Crippen molar-refractivity contribution in [1.29, 1.82) is 0 Å². The minimum atomic E-state index is 0.0508. The summed E-state index contributed by atoms with van der Waals surface area (Å²) < 4.78 is 12.7. The van der Waals surface area contributed by atoms with Crippen molar-refractivity contribution in [3.63, 3.8) is 0 Å². The maximum atomic E-state index is 6.00. The van der Waals surface area contributed by atoms with Crippen LogP contribution in [0.1, 0.15) is 11.1 Å². The van der Waals surface area contributed by atoms with Crippen molar-refractivity contribution in [2.45, 2.75) is 19.4 Å². The highest BCUT2D eigenvalue weighted by Crippen LogP contribution is 2.32. The number of halogens is 1. The van der Waals surface area contributed by atoms with Crippen LogP contribution in [0.4, 0.5) is 5.69 Å². The summed E-state index contributed by atoms with van der Waals surface area (Å²) in [5.74, 6) is 1.70. The Labute approximate surface area is 126 Å².